The van der Waals surface area contributed by atoms with Crippen molar-refractivity contribution in [3.8, 4) is 5.75 Å². The van der Waals surface area contributed by atoms with E-state index in [4.69, 9.17) is 4.74 Å². The molecule has 4 heteroatoms. The highest BCUT2D eigenvalue weighted by molar-refractivity contribution is 8.00. The second-order valence-corrected chi connectivity index (χ2v) is 6.69. The number of thioether (sulfide) groups is 1. The molecule has 1 N–H and O–H groups in total. The number of methoxy groups -OCH3 is 1. The van der Waals surface area contributed by atoms with E-state index in [1.165, 1.54) is 6.07 Å². The molecule has 0 radical (unpaired) electrons. The predicted octanol–water partition coefficient (Wildman–Crippen LogP) is 3.51. The van der Waals surface area contributed by atoms with E-state index in [0.29, 0.717) is 5.75 Å². The number of fused-ring (bicyclic) bond motifs is 1. The van der Waals surface area contributed by atoms with Gasteiger partial charge >= 0.3 is 0 Å². The van der Waals surface area contributed by atoms with Gasteiger partial charge in [-0.25, -0.2) is 4.39 Å². The van der Waals surface area contributed by atoms with E-state index < -0.39 is 0 Å². The van der Waals surface area contributed by atoms with Crippen molar-refractivity contribution < 1.29 is 9.13 Å². The van der Waals surface area contributed by atoms with Crippen LogP contribution in [0.1, 0.15) is 37.9 Å². The summed E-state index contributed by atoms with van der Waals surface area (Å²) in [5.74, 6) is 1.16. The number of hydrogen-bond acceptors (Lipinski definition) is 3. The zero-order valence-corrected chi connectivity index (χ0v) is 12.2. The molecule has 1 aromatic carbocycles. The first kappa shape index (κ1) is 13.7. The van der Waals surface area contributed by atoms with Crippen molar-refractivity contribution in [2.75, 3.05) is 13.7 Å². The maximum Gasteiger partial charge on any atom is 0.131 e. The van der Waals surface area contributed by atoms with Crippen LogP contribution in [0.5, 0.6) is 5.75 Å². The Morgan fingerprint density at radius 3 is 2.83 bits per heavy atom. The smallest absolute Gasteiger partial charge is 0.131 e. The Morgan fingerprint density at radius 1 is 1.50 bits per heavy atom. The molecule has 1 atom stereocenters. The highest BCUT2D eigenvalue weighted by Gasteiger charge is 2.37. The van der Waals surface area contributed by atoms with Crippen molar-refractivity contribution in [1.82, 2.24) is 5.32 Å². The van der Waals surface area contributed by atoms with Crippen molar-refractivity contribution in [2.24, 2.45) is 0 Å². The summed E-state index contributed by atoms with van der Waals surface area (Å²) in [5.41, 5.74) is 1.85. The Labute approximate surface area is 112 Å². The molecule has 100 valence electrons. The van der Waals surface area contributed by atoms with Gasteiger partial charge in [0.15, 0.2) is 0 Å². The number of nitrogens with one attached hydrogen (secondary N) is 1. The van der Waals surface area contributed by atoms with Crippen LogP contribution >= 0.6 is 11.8 Å². The third-order valence-electron chi connectivity index (χ3n) is 3.44. The standard InChI is InChI=1S/C14H20FNOS/c1-5-16-13-10-6-9(17-4)7-12(15)11(10)8-18-14(13,2)3/h6-7,13,16H,5,8H2,1-4H3. The van der Waals surface area contributed by atoms with Gasteiger partial charge in [-0.2, -0.15) is 0 Å². The maximum atomic E-state index is 14.1. The van der Waals surface area contributed by atoms with Gasteiger partial charge in [-0.15, -0.1) is 11.8 Å². The van der Waals surface area contributed by atoms with Crippen LogP contribution in [0.3, 0.4) is 0 Å². The molecule has 18 heavy (non-hydrogen) atoms. The SMILES string of the molecule is CCNC1c2cc(OC)cc(F)c2CSC1(C)C. The van der Waals surface area contributed by atoms with Gasteiger partial charge in [0, 0.05) is 28.2 Å². The van der Waals surface area contributed by atoms with Crippen molar-refractivity contribution in [3.05, 3.63) is 29.1 Å². The van der Waals surface area contributed by atoms with E-state index in [1.54, 1.807) is 18.9 Å². The average molecular weight is 269 g/mol. The summed E-state index contributed by atoms with van der Waals surface area (Å²) in [6.07, 6.45) is 0. The van der Waals surface area contributed by atoms with E-state index >= 15 is 0 Å². The fourth-order valence-electron chi connectivity index (χ4n) is 2.44. The molecule has 0 aromatic heterocycles. The molecular formula is C14H20FNOS. The van der Waals surface area contributed by atoms with Gasteiger partial charge in [0.25, 0.3) is 0 Å². The summed E-state index contributed by atoms with van der Waals surface area (Å²) in [6, 6.07) is 3.59. The van der Waals surface area contributed by atoms with Crippen LogP contribution in [0.4, 0.5) is 4.39 Å². The lowest BCUT2D eigenvalue weighted by atomic mass is 9.90. The molecule has 1 aromatic rings. The van der Waals surface area contributed by atoms with Crippen LogP contribution in [-0.2, 0) is 5.75 Å². The molecule has 2 rings (SSSR count). The topological polar surface area (TPSA) is 21.3 Å². The molecule has 2 nitrogen and oxygen atoms in total. The molecule has 0 spiro atoms. The van der Waals surface area contributed by atoms with E-state index in [1.807, 2.05) is 6.07 Å². The summed E-state index contributed by atoms with van der Waals surface area (Å²) >= 11 is 1.80. The molecule has 1 unspecified atom stereocenters. The van der Waals surface area contributed by atoms with Gasteiger partial charge in [0.2, 0.25) is 0 Å². The monoisotopic (exact) mass is 269 g/mol. The molecule has 0 aliphatic carbocycles. The molecule has 0 saturated carbocycles. The van der Waals surface area contributed by atoms with Gasteiger partial charge in [0.1, 0.15) is 11.6 Å². The Kier molecular flexibility index (Phi) is 3.87. The molecular weight excluding hydrogens is 249 g/mol. The summed E-state index contributed by atoms with van der Waals surface area (Å²) in [5, 5.41) is 3.47. The molecule has 1 heterocycles. The molecule has 0 amide bonds. The van der Waals surface area contributed by atoms with Crippen LogP contribution in [-0.4, -0.2) is 18.4 Å². The second-order valence-electron chi connectivity index (χ2n) is 5.06. The molecule has 1 aliphatic heterocycles. The van der Waals surface area contributed by atoms with Gasteiger partial charge in [-0.1, -0.05) is 6.92 Å². The Bertz CT molecular complexity index is 448. The Balaban J connectivity index is 2.51. The van der Waals surface area contributed by atoms with Crippen molar-refractivity contribution >= 4 is 11.8 Å². The Hall–Kier alpha value is -0.740. The fraction of sp³-hybridized carbons (Fsp3) is 0.571. The first-order valence-corrected chi connectivity index (χ1v) is 7.21. The number of halogens is 1. The minimum absolute atomic E-state index is 0.0574. The zero-order chi connectivity index (χ0) is 13.3. The van der Waals surface area contributed by atoms with E-state index in [-0.39, 0.29) is 16.6 Å². The van der Waals surface area contributed by atoms with Crippen LogP contribution < -0.4 is 10.1 Å². The number of rotatable bonds is 3. The summed E-state index contributed by atoms with van der Waals surface area (Å²) in [7, 11) is 1.58. The quantitative estimate of drug-likeness (QED) is 0.907. The fourth-order valence-corrected chi connectivity index (χ4v) is 3.63. The lowest BCUT2D eigenvalue weighted by Gasteiger charge is -2.40. The third kappa shape index (κ3) is 2.36. The number of ether oxygens (including phenoxy) is 1. The zero-order valence-electron chi connectivity index (χ0n) is 11.3. The van der Waals surface area contributed by atoms with E-state index in [2.05, 4.69) is 26.1 Å². The van der Waals surface area contributed by atoms with Gasteiger partial charge in [-0.3, -0.25) is 0 Å². The molecule has 1 aliphatic rings. The second kappa shape index (κ2) is 5.10. The number of benzene rings is 1. The summed E-state index contributed by atoms with van der Waals surface area (Å²) in [6.45, 7) is 7.34. The minimum Gasteiger partial charge on any atom is -0.497 e. The predicted molar refractivity (Wildman–Crippen MR) is 74.7 cm³/mol. The maximum absolute atomic E-state index is 14.1. The minimum atomic E-state index is -0.157. The highest BCUT2D eigenvalue weighted by atomic mass is 32.2. The van der Waals surface area contributed by atoms with Crippen LogP contribution in [0.15, 0.2) is 12.1 Å². The van der Waals surface area contributed by atoms with Gasteiger partial charge in [-0.05, 0) is 32.0 Å². The van der Waals surface area contributed by atoms with Crippen LogP contribution in [0.25, 0.3) is 0 Å². The van der Waals surface area contributed by atoms with Crippen molar-refractivity contribution in [2.45, 2.75) is 37.3 Å². The van der Waals surface area contributed by atoms with Gasteiger partial charge in [0.05, 0.1) is 7.11 Å². The van der Waals surface area contributed by atoms with Crippen molar-refractivity contribution in [3.63, 3.8) is 0 Å². The first-order chi connectivity index (χ1) is 8.49. The van der Waals surface area contributed by atoms with E-state index in [0.717, 1.165) is 23.4 Å². The lowest BCUT2D eigenvalue weighted by Crippen LogP contribution is -2.40. The number of hydrogen-bond donors (Lipinski definition) is 1. The average Bonchev–Trinajstić information content (AvgIpc) is 2.32. The van der Waals surface area contributed by atoms with Crippen LogP contribution in [0.2, 0.25) is 0 Å². The molecule has 0 fully saturated rings. The van der Waals surface area contributed by atoms with Crippen LogP contribution in [0, 0.1) is 5.82 Å². The normalized spacial score (nSPS) is 21.5. The largest absolute Gasteiger partial charge is 0.497 e. The Morgan fingerprint density at radius 2 is 2.22 bits per heavy atom. The summed E-state index contributed by atoms with van der Waals surface area (Å²) < 4.78 is 19.3. The van der Waals surface area contributed by atoms with Crippen molar-refractivity contribution in [1.29, 1.82) is 0 Å². The molecule has 0 saturated heterocycles. The van der Waals surface area contributed by atoms with E-state index in [9.17, 15) is 4.39 Å². The first-order valence-electron chi connectivity index (χ1n) is 6.23. The summed E-state index contributed by atoms with van der Waals surface area (Å²) in [4.78, 5) is 0. The molecule has 0 bridgehead atoms. The lowest BCUT2D eigenvalue weighted by molar-refractivity contribution is 0.402. The third-order valence-corrected chi connectivity index (χ3v) is 4.85. The highest BCUT2D eigenvalue weighted by Crippen LogP contribution is 2.47. The van der Waals surface area contributed by atoms with Gasteiger partial charge < -0.3 is 10.1 Å².